The molecule has 0 saturated carbocycles. The lowest BCUT2D eigenvalue weighted by Gasteiger charge is -2.32. The van der Waals surface area contributed by atoms with E-state index < -0.39 is 0 Å². The van der Waals surface area contributed by atoms with Crippen molar-refractivity contribution in [2.45, 2.75) is 33.2 Å². The molecule has 1 atom stereocenters. The van der Waals surface area contributed by atoms with E-state index in [1.54, 1.807) is 7.11 Å². The van der Waals surface area contributed by atoms with Crippen LogP contribution in [0.3, 0.4) is 0 Å². The molecule has 1 saturated heterocycles. The fourth-order valence-corrected chi connectivity index (χ4v) is 4.90. The predicted molar refractivity (Wildman–Crippen MR) is 136 cm³/mol. The molecule has 0 radical (unpaired) electrons. The number of hydrogen-bond donors (Lipinski definition) is 1. The van der Waals surface area contributed by atoms with Crippen molar-refractivity contribution in [2.75, 3.05) is 25.1 Å². The molecule has 0 bridgehead atoms. The van der Waals surface area contributed by atoms with Crippen LogP contribution in [0.5, 0.6) is 5.75 Å². The highest BCUT2D eigenvalue weighted by atomic mass is 16.5. The fraction of sp³-hybridized carbons (Fsp3) is 0.333. The number of para-hydroxylation sites is 2. The zero-order valence-electron chi connectivity index (χ0n) is 20.4. The third-order valence-corrected chi connectivity index (χ3v) is 6.72. The molecule has 0 aliphatic carbocycles. The molecule has 8 nitrogen and oxygen atoms in total. The third-order valence-electron chi connectivity index (χ3n) is 6.72. The van der Waals surface area contributed by atoms with E-state index in [2.05, 4.69) is 27.3 Å². The summed E-state index contributed by atoms with van der Waals surface area (Å²) in [4.78, 5) is 15.2. The van der Waals surface area contributed by atoms with Crippen LogP contribution < -0.4 is 15.0 Å². The van der Waals surface area contributed by atoms with Crippen LogP contribution >= 0.6 is 0 Å². The monoisotopic (exact) mass is 470 g/mol. The number of amides is 1. The molecule has 0 spiro atoms. The van der Waals surface area contributed by atoms with Crippen LogP contribution in [0.2, 0.25) is 0 Å². The first kappa shape index (κ1) is 22.8. The van der Waals surface area contributed by atoms with Crippen LogP contribution in [0.4, 0.5) is 5.82 Å². The van der Waals surface area contributed by atoms with Gasteiger partial charge in [-0.15, -0.1) is 5.10 Å². The summed E-state index contributed by atoms with van der Waals surface area (Å²) in [6.45, 7) is 5.87. The second-order valence-corrected chi connectivity index (χ2v) is 8.98. The van der Waals surface area contributed by atoms with Gasteiger partial charge in [-0.1, -0.05) is 36.4 Å². The number of aromatic nitrogens is 4. The lowest BCUT2D eigenvalue weighted by molar-refractivity contribution is -0.125. The molecular formula is C27H30N6O2. The van der Waals surface area contributed by atoms with Gasteiger partial charge in [-0.2, -0.15) is 10.2 Å². The van der Waals surface area contributed by atoms with E-state index in [1.165, 1.54) is 0 Å². The average Bonchev–Trinajstić information content (AvgIpc) is 3.26. The van der Waals surface area contributed by atoms with Gasteiger partial charge >= 0.3 is 0 Å². The summed E-state index contributed by atoms with van der Waals surface area (Å²) in [7, 11) is 1.64. The van der Waals surface area contributed by atoms with Crippen molar-refractivity contribution < 1.29 is 9.53 Å². The second-order valence-electron chi connectivity index (χ2n) is 8.98. The maximum absolute atomic E-state index is 13.1. The summed E-state index contributed by atoms with van der Waals surface area (Å²) >= 11 is 0. The van der Waals surface area contributed by atoms with Gasteiger partial charge in [0.1, 0.15) is 11.3 Å². The van der Waals surface area contributed by atoms with Crippen LogP contribution in [0.1, 0.15) is 29.8 Å². The van der Waals surface area contributed by atoms with E-state index in [9.17, 15) is 4.79 Å². The molecule has 1 N–H and O–H groups in total. The fourth-order valence-electron chi connectivity index (χ4n) is 4.90. The van der Waals surface area contributed by atoms with Gasteiger partial charge in [-0.3, -0.25) is 4.79 Å². The molecule has 2 aromatic heterocycles. The van der Waals surface area contributed by atoms with Crippen LogP contribution in [-0.2, 0) is 11.3 Å². The number of aryl methyl sites for hydroxylation is 2. The summed E-state index contributed by atoms with van der Waals surface area (Å²) < 4.78 is 7.36. The van der Waals surface area contributed by atoms with Crippen LogP contribution in [0.25, 0.3) is 16.6 Å². The van der Waals surface area contributed by atoms with Crippen molar-refractivity contribution in [3.8, 4) is 11.4 Å². The number of carbonyl (C=O) groups excluding carboxylic acids is 1. The Balaban J connectivity index is 1.38. The Kier molecular flexibility index (Phi) is 6.35. The molecule has 3 heterocycles. The van der Waals surface area contributed by atoms with E-state index >= 15 is 0 Å². The van der Waals surface area contributed by atoms with Gasteiger partial charge in [0, 0.05) is 25.2 Å². The van der Waals surface area contributed by atoms with E-state index in [4.69, 9.17) is 9.84 Å². The SMILES string of the molecule is COc1ccccc1CNC(=O)[C@H]1CCCN(c2nnc(C)c3c(C)n(-c4ccccc4)nc23)C1. The van der Waals surface area contributed by atoms with Crippen molar-refractivity contribution in [1.29, 1.82) is 0 Å². The third kappa shape index (κ3) is 4.43. The van der Waals surface area contributed by atoms with E-state index in [-0.39, 0.29) is 11.8 Å². The number of carbonyl (C=O) groups is 1. The molecule has 5 rings (SSSR count). The average molecular weight is 471 g/mol. The normalized spacial score (nSPS) is 15.9. The molecule has 4 aromatic rings. The number of fused-ring (bicyclic) bond motifs is 1. The Bertz CT molecular complexity index is 1350. The molecular weight excluding hydrogens is 440 g/mol. The Labute approximate surface area is 204 Å². The van der Waals surface area contributed by atoms with Crippen molar-refractivity contribution in [2.24, 2.45) is 5.92 Å². The van der Waals surface area contributed by atoms with Gasteiger partial charge in [0.25, 0.3) is 0 Å². The molecule has 8 heteroatoms. The number of nitrogens with zero attached hydrogens (tertiary/aromatic N) is 5. The second kappa shape index (κ2) is 9.74. The Morgan fingerprint density at radius 3 is 2.66 bits per heavy atom. The number of methoxy groups -OCH3 is 1. The molecule has 1 amide bonds. The molecule has 0 unspecified atom stereocenters. The summed E-state index contributed by atoms with van der Waals surface area (Å²) in [6, 6.07) is 17.8. The first-order valence-corrected chi connectivity index (χ1v) is 12.0. The number of hydrogen-bond acceptors (Lipinski definition) is 6. The van der Waals surface area contributed by atoms with Gasteiger partial charge in [-0.05, 0) is 44.9 Å². The minimum Gasteiger partial charge on any atom is -0.496 e. The van der Waals surface area contributed by atoms with Crippen molar-refractivity contribution in [1.82, 2.24) is 25.3 Å². The summed E-state index contributed by atoms with van der Waals surface area (Å²) in [6.07, 6.45) is 1.75. The molecule has 1 fully saturated rings. The lowest BCUT2D eigenvalue weighted by atomic mass is 9.97. The molecule has 2 aromatic carbocycles. The highest BCUT2D eigenvalue weighted by molar-refractivity contribution is 5.92. The molecule has 1 aliphatic rings. The first-order chi connectivity index (χ1) is 17.1. The van der Waals surface area contributed by atoms with Crippen LogP contribution in [0.15, 0.2) is 54.6 Å². The topological polar surface area (TPSA) is 85.2 Å². The maximum Gasteiger partial charge on any atom is 0.225 e. The Morgan fingerprint density at radius 1 is 1.09 bits per heavy atom. The number of nitrogens with one attached hydrogen (secondary N) is 1. The van der Waals surface area contributed by atoms with Gasteiger partial charge in [0.2, 0.25) is 5.91 Å². The molecule has 180 valence electrons. The number of anilines is 1. The number of ether oxygens (including phenoxy) is 1. The summed E-state index contributed by atoms with van der Waals surface area (Å²) in [5.41, 5.74) is 4.67. The largest absolute Gasteiger partial charge is 0.496 e. The predicted octanol–water partition coefficient (Wildman–Crippen LogP) is 3.97. The van der Waals surface area contributed by atoms with Gasteiger partial charge in [0.05, 0.1) is 35.5 Å². The lowest BCUT2D eigenvalue weighted by Crippen LogP contribution is -2.43. The van der Waals surface area contributed by atoms with Gasteiger partial charge in [-0.25, -0.2) is 4.68 Å². The zero-order chi connectivity index (χ0) is 24.4. The van der Waals surface area contributed by atoms with E-state index in [0.717, 1.165) is 64.5 Å². The Hall–Kier alpha value is -3.94. The highest BCUT2D eigenvalue weighted by Gasteiger charge is 2.29. The minimum absolute atomic E-state index is 0.0444. The van der Waals surface area contributed by atoms with E-state index in [1.807, 2.05) is 66.2 Å². The Morgan fingerprint density at radius 2 is 1.86 bits per heavy atom. The maximum atomic E-state index is 13.1. The van der Waals surface area contributed by atoms with Gasteiger partial charge < -0.3 is 15.0 Å². The zero-order valence-corrected chi connectivity index (χ0v) is 20.4. The van der Waals surface area contributed by atoms with Crippen molar-refractivity contribution >= 4 is 22.6 Å². The van der Waals surface area contributed by atoms with Gasteiger partial charge in [0.15, 0.2) is 5.82 Å². The summed E-state index contributed by atoms with van der Waals surface area (Å²) in [5, 5.41) is 18.0. The molecule has 35 heavy (non-hydrogen) atoms. The van der Waals surface area contributed by atoms with E-state index in [0.29, 0.717) is 13.1 Å². The molecule has 1 aliphatic heterocycles. The van der Waals surface area contributed by atoms with Crippen molar-refractivity contribution in [3.63, 3.8) is 0 Å². The number of rotatable bonds is 6. The minimum atomic E-state index is -0.131. The number of benzene rings is 2. The number of piperidine rings is 1. The standard InChI is InChI=1S/C27H30N6O2/c1-18-24-19(2)33(22-12-5-4-6-13-22)31-25(24)26(30-29-18)32-15-9-11-21(17-32)27(34)28-16-20-10-7-8-14-23(20)35-3/h4-8,10,12-14,21H,9,11,15-17H2,1-3H3,(H,28,34)/t21-/m0/s1. The highest BCUT2D eigenvalue weighted by Crippen LogP contribution is 2.31. The van der Waals surface area contributed by atoms with Crippen LogP contribution in [0, 0.1) is 19.8 Å². The quantitative estimate of drug-likeness (QED) is 0.459. The smallest absolute Gasteiger partial charge is 0.225 e. The summed E-state index contributed by atoms with van der Waals surface area (Å²) in [5.74, 6) is 1.43. The van der Waals surface area contributed by atoms with Crippen molar-refractivity contribution in [3.05, 3.63) is 71.5 Å². The first-order valence-electron chi connectivity index (χ1n) is 12.0. The van der Waals surface area contributed by atoms with Crippen LogP contribution in [-0.4, -0.2) is 46.1 Å².